The third-order valence-electron chi connectivity index (χ3n) is 3.24. The fraction of sp³-hybridized carbons (Fsp3) is 0.417. The topological polar surface area (TPSA) is 94.3 Å². The first kappa shape index (κ1) is 13.7. The van der Waals surface area contributed by atoms with Crippen molar-refractivity contribution in [2.75, 3.05) is 11.5 Å². The maximum Gasteiger partial charge on any atom is 0.273 e. The van der Waals surface area contributed by atoms with Gasteiger partial charge in [-0.15, -0.1) is 0 Å². The summed E-state index contributed by atoms with van der Waals surface area (Å²) in [7, 11) is -3.11. The predicted octanol–water partition coefficient (Wildman–Crippen LogP) is 1.14. The van der Waals surface area contributed by atoms with Crippen molar-refractivity contribution >= 4 is 21.3 Å². The van der Waals surface area contributed by atoms with Crippen LogP contribution in [0.2, 0.25) is 0 Å². The lowest BCUT2D eigenvalue weighted by molar-refractivity contribution is -0.385. The fourth-order valence-electron chi connectivity index (χ4n) is 2.22. The Morgan fingerprint density at radius 1 is 1.37 bits per heavy atom. The Morgan fingerprint density at radius 3 is 2.63 bits per heavy atom. The molecule has 0 saturated carbocycles. The van der Waals surface area contributed by atoms with Crippen molar-refractivity contribution < 1.29 is 18.1 Å². The summed E-state index contributed by atoms with van der Waals surface area (Å²) in [6, 6.07) is 6.03. The Bertz CT molecular complexity index is 623. The summed E-state index contributed by atoms with van der Waals surface area (Å²) in [6.07, 6.45) is 0.235. The molecule has 0 aliphatic carbocycles. The second kappa shape index (κ2) is 5.08. The van der Waals surface area contributed by atoms with Gasteiger partial charge in [0.25, 0.3) is 5.69 Å². The van der Waals surface area contributed by atoms with Gasteiger partial charge in [0.1, 0.15) is 5.78 Å². The number of sulfone groups is 1. The number of nitro benzene ring substituents is 1. The molecular weight excluding hydrogens is 270 g/mol. The van der Waals surface area contributed by atoms with Crippen molar-refractivity contribution in [3.8, 4) is 0 Å². The third-order valence-corrected chi connectivity index (χ3v) is 5.01. The zero-order chi connectivity index (χ0) is 14.0. The van der Waals surface area contributed by atoms with Crippen molar-refractivity contribution in [1.29, 1.82) is 0 Å². The molecule has 0 bridgehead atoms. The van der Waals surface area contributed by atoms with Crippen LogP contribution in [-0.2, 0) is 21.1 Å². The average Bonchev–Trinajstić information content (AvgIpc) is 2.70. The summed E-state index contributed by atoms with van der Waals surface area (Å²) in [5.74, 6) is -0.868. The van der Waals surface area contributed by atoms with Crippen LogP contribution in [0.4, 0.5) is 5.69 Å². The maximum absolute atomic E-state index is 12.0. The number of rotatable bonds is 4. The summed E-state index contributed by atoms with van der Waals surface area (Å²) >= 11 is 0. The van der Waals surface area contributed by atoms with Gasteiger partial charge >= 0.3 is 0 Å². The van der Waals surface area contributed by atoms with E-state index in [4.69, 9.17) is 0 Å². The molecule has 1 aromatic rings. The Labute approximate surface area is 110 Å². The summed E-state index contributed by atoms with van der Waals surface area (Å²) in [6.45, 7) is 0. The van der Waals surface area contributed by atoms with Crippen LogP contribution in [0.15, 0.2) is 24.3 Å². The van der Waals surface area contributed by atoms with Crippen LogP contribution in [0.1, 0.15) is 12.0 Å². The first-order valence-electron chi connectivity index (χ1n) is 5.84. The number of nitrogens with zero attached hydrogens (tertiary/aromatic N) is 1. The molecule has 1 fully saturated rings. The molecule has 0 N–H and O–H groups in total. The molecule has 1 atom stereocenters. The molecule has 1 heterocycles. The van der Waals surface area contributed by atoms with E-state index in [0.717, 1.165) is 0 Å². The van der Waals surface area contributed by atoms with Gasteiger partial charge in [0.15, 0.2) is 9.84 Å². The highest BCUT2D eigenvalue weighted by Gasteiger charge is 2.33. The first-order valence-corrected chi connectivity index (χ1v) is 7.66. The molecule has 0 spiro atoms. The second-order valence-electron chi connectivity index (χ2n) is 4.63. The number of carbonyl (C=O) groups excluding carboxylic acids is 1. The van der Waals surface area contributed by atoms with Crippen LogP contribution in [0, 0.1) is 16.0 Å². The number of para-hydroxylation sites is 1. The van der Waals surface area contributed by atoms with Crippen LogP contribution in [0.25, 0.3) is 0 Å². The molecule has 1 aliphatic rings. The number of ketones is 1. The van der Waals surface area contributed by atoms with Crippen molar-refractivity contribution in [2.45, 2.75) is 12.8 Å². The Hall–Kier alpha value is -1.76. The van der Waals surface area contributed by atoms with Gasteiger partial charge in [-0.2, -0.15) is 0 Å². The molecule has 1 saturated heterocycles. The monoisotopic (exact) mass is 283 g/mol. The molecule has 1 aromatic carbocycles. The number of benzene rings is 1. The molecule has 1 aliphatic heterocycles. The van der Waals surface area contributed by atoms with Gasteiger partial charge in [-0.25, -0.2) is 8.42 Å². The molecule has 102 valence electrons. The van der Waals surface area contributed by atoms with E-state index in [2.05, 4.69) is 0 Å². The minimum absolute atomic E-state index is 0.0281. The van der Waals surface area contributed by atoms with Crippen LogP contribution in [0.3, 0.4) is 0 Å². The fourth-order valence-corrected chi connectivity index (χ4v) is 4.00. The SMILES string of the molecule is O=C(Cc1ccccc1[N+](=O)[O-])C1CCS(=O)(=O)C1. The smallest absolute Gasteiger partial charge is 0.273 e. The van der Waals surface area contributed by atoms with Crippen LogP contribution < -0.4 is 0 Å². The number of Topliss-reactive ketones (excluding diaryl/α,β-unsaturated/α-hetero) is 1. The third kappa shape index (κ3) is 3.17. The Balaban J connectivity index is 2.14. The number of hydrogen-bond acceptors (Lipinski definition) is 5. The zero-order valence-electron chi connectivity index (χ0n) is 10.1. The molecule has 1 unspecified atom stereocenters. The van der Waals surface area contributed by atoms with E-state index < -0.39 is 20.7 Å². The van der Waals surface area contributed by atoms with E-state index in [1.54, 1.807) is 6.07 Å². The van der Waals surface area contributed by atoms with Gasteiger partial charge in [0.2, 0.25) is 0 Å². The summed E-state index contributed by atoms with van der Waals surface area (Å²) in [4.78, 5) is 22.3. The molecule has 6 nitrogen and oxygen atoms in total. The molecular formula is C12H13NO5S. The lowest BCUT2D eigenvalue weighted by Crippen LogP contribution is -2.18. The summed E-state index contributed by atoms with van der Waals surface area (Å²) in [5, 5.41) is 10.8. The molecule has 7 heteroatoms. The van der Waals surface area contributed by atoms with Gasteiger partial charge in [-0.05, 0) is 6.42 Å². The van der Waals surface area contributed by atoms with E-state index in [-0.39, 0.29) is 29.4 Å². The van der Waals surface area contributed by atoms with E-state index in [9.17, 15) is 23.3 Å². The van der Waals surface area contributed by atoms with E-state index in [0.29, 0.717) is 12.0 Å². The average molecular weight is 283 g/mol. The Morgan fingerprint density at radius 2 is 2.05 bits per heavy atom. The molecule has 0 amide bonds. The van der Waals surface area contributed by atoms with E-state index in [1.807, 2.05) is 0 Å². The lowest BCUT2D eigenvalue weighted by atomic mass is 9.97. The highest BCUT2D eigenvalue weighted by Crippen LogP contribution is 2.24. The standard InChI is InChI=1S/C12H13NO5S/c14-12(10-5-6-19(17,18)8-10)7-9-3-1-2-4-11(9)13(15)16/h1-4,10H,5-8H2. The number of nitro groups is 1. The number of carbonyl (C=O) groups is 1. The summed E-state index contributed by atoms with van der Waals surface area (Å²) < 4.78 is 22.6. The van der Waals surface area contributed by atoms with Gasteiger partial charge in [0.05, 0.1) is 16.4 Å². The second-order valence-corrected chi connectivity index (χ2v) is 6.86. The lowest BCUT2D eigenvalue weighted by Gasteiger charge is -2.06. The minimum atomic E-state index is -3.11. The van der Waals surface area contributed by atoms with E-state index >= 15 is 0 Å². The summed E-state index contributed by atoms with van der Waals surface area (Å²) in [5.41, 5.74) is 0.235. The highest BCUT2D eigenvalue weighted by atomic mass is 32.2. The van der Waals surface area contributed by atoms with Crippen molar-refractivity contribution in [1.82, 2.24) is 0 Å². The van der Waals surface area contributed by atoms with Crippen molar-refractivity contribution in [3.05, 3.63) is 39.9 Å². The van der Waals surface area contributed by atoms with Crippen LogP contribution >= 0.6 is 0 Å². The van der Waals surface area contributed by atoms with E-state index in [1.165, 1.54) is 18.2 Å². The van der Waals surface area contributed by atoms with Crippen LogP contribution in [-0.4, -0.2) is 30.6 Å². The normalized spacial score (nSPS) is 21.2. The van der Waals surface area contributed by atoms with Gasteiger partial charge in [-0.1, -0.05) is 18.2 Å². The molecule has 2 rings (SSSR count). The van der Waals surface area contributed by atoms with Gasteiger partial charge in [-0.3, -0.25) is 14.9 Å². The predicted molar refractivity (Wildman–Crippen MR) is 68.6 cm³/mol. The van der Waals surface area contributed by atoms with Gasteiger partial charge < -0.3 is 0 Å². The maximum atomic E-state index is 12.0. The largest absolute Gasteiger partial charge is 0.299 e. The van der Waals surface area contributed by atoms with Crippen molar-refractivity contribution in [3.63, 3.8) is 0 Å². The molecule has 19 heavy (non-hydrogen) atoms. The molecule has 0 radical (unpaired) electrons. The first-order chi connectivity index (χ1) is 8.89. The van der Waals surface area contributed by atoms with Gasteiger partial charge in [0, 0.05) is 24.0 Å². The highest BCUT2D eigenvalue weighted by molar-refractivity contribution is 7.91. The number of hydrogen-bond donors (Lipinski definition) is 0. The zero-order valence-corrected chi connectivity index (χ0v) is 10.9. The van der Waals surface area contributed by atoms with Crippen molar-refractivity contribution in [2.24, 2.45) is 5.92 Å². The minimum Gasteiger partial charge on any atom is -0.299 e. The molecule has 0 aromatic heterocycles. The quantitative estimate of drug-likeness (QED) is 0.610. The Kier molecular flexibility index (Phi) is 3.66. The van der Waals surface area contributed by atoms with Crippen LogP contribution in [0.5, 0.6) is 0 Å².